The van der Waals surface area contributed by atoms with E-state index in [1.165, 1.54) is 12.1 Å². The van der Waals surface area contributed by atoms with Gasteiger partial charge in [-0.1, -0.05) is 11.6 Å². The zero-order valence-electron chi connectivity index (χ0n) is 8.37. The Morgan fingerprint density at radius 3 is 2.82 bits per heavy atom. The molecule has 4 N–H and O–H groups in total. The molecule has 0 bridgehead atoms. The first-order valence-electron chi connectivity index (χ1n) is 4.53. The maximum absolute atomic E-state index is 13.0. The third-order valence-corrected chi connectivity index (χ3v) is 2.51. The average molecular weight is 256 g/mol. The van der Waals surface area contributed by atoms with E-state index in [1.807, 2.05) is 0 Å². The number of nitrogens with zero attached hydrogens (tertiary/aromatic N) is 1. The van der Waals surface area contributed by atoms with E-state index in [1.54, 1.807) is 0 Å². The molecule has 2 rings (SSSR count). The molecule has 0 unspecified atom stereocenters. The van der Waals surface area contributed by atoms with Gasteiger partial charge in [-0.05, 0) is 18.2 Å². The number of nitrogens with one attached hydrogen (secondary N) is 1. The molecule has 0 radical (unpaired) electrons. The van der Waals surface area contributed by atoms with E-state index in [2.05, 4.69) is 10.2 Å². The molecule has 0 fully saturated rings. The molecule has 0 saturated carbocycles. The number of aromatic carboxylic acids is 1. The summed E-state index contributed by atoms with van der Waals surface area (Å²) in [4.78, 5) is 11.0. The van der Waals surface area contributed by atoms with Gasteiger partial charge in [0.25, 0.3) is 0 Å². The number of aromatic nitrogens is 2. The third-order valence-electron chi connectivity index (χ3n) is 2.22. The molecule has 0 aliphatic heterocycles. The molecule has 5 nitrogen and oxygen atoms in total. The summed E-state index contributed by atoms with van der Waals surface area (Å²) in [5.41, 5.74) is 5.85. The van der Waals surface area contributed by atoms with Crippen LogP contribution in [0.15, 0.2) is 18.2 Å². The second-order valence-electron chi connectivity index (χ2n) is 3.29. The number of benzene rings is 1. The lowest BCUT2D eigenvalue weighted by atomic mass is 10.1. The van der Waals surface area contributed by atoms with Gasteiger partial charge < -0.3 is 10.8 Å². The minimum Gasteiger partial charge on any atom is -0.477 e. The van der Waals surface area contributed by atoms with Gasteiger partial charge in [0.15, 0.2) is 5.82 Å². The molecule has 0 aliphatic rings. The Balaban J connectivity index is 2.60. The van der Waals surface area contributed by atoms with Crippen molar-refractivity contribution < 1.29 is 14.3 Å². The van der Waals surface area contributed by atoms with Crippen LogP contribution in [-0.2, 0) is 0 Å². The second kappa shape index (κ2) is 4.06. The Labute approximate surface area is 100 Å². The third kappa shape index (κ3) is 1.94. The predicted molar refractivity (Wildman–Crippen MR) is 60.4 cm³/mol. The minimum absolute atomic E-state index is 0.105. The van der Waals surface area contributed by atoms with Crippen molar-refractivity contribution in [2.75, 3.05) is 5.73 Å². The SMILES string of the molecule is Nc1n[nH]c(-c2ccc(F)c(Cl)c2)c1C(=O)O. The highest BCUT2D eigenvalue weighted by Crippen LogP contribution is 2.28. The zero-order valence-corrected chi connectivity index (χ0v) is 9.12. The first-order valence-corrected chi connectivity index (χ1v) is 4.91. The highest BCUT2D eigenvalue weighted by molar-refractivity contribution is 6.31. The van der Waals surface area contributed by atoms with Crippen LogP contribution in [0.5, 0.6) is 0 Å². The molecule has 0 spiro atoms. The molecule has 88 valence electrons. The summed E-state index contributed by atoms with van der Waals surface area (Å²) in [5.74, 6) is -1.93. The first-order chi connectivity index (χ1) is 8.00. The van der Waals surface area contributed by atoms with Crippen molar-refractivity contribution in [3.8, 4) is 11.3 Å². The molecule has 0 amide bonds. The summed E-state index contributed by atoms with van der Waals surface area (Å²) < 4.78 is 13.0. The Morgan fingerprint density at radius 1 is 1.53 bits per heavy atom. The maximum Gasteiger partial charge on any atom is 0.341 e. The number of nitrogen functional groups attached to an aromatic ring is 1. The van der Waals surface area contributed by atoms with Gasteiger partial charge in [-0.2, -0.15) is 5.10 Å². The highest BCUT2D eigenvalue weighted by atomic mass is 35.5. The van der Waals surface area contributed by atoms with E-state index in [-0.39, 0.29) is 22.1 Å². The lowest BCUT2D eigenvalue weighted by Crippen LogP contribution is -2.01. The van der Waals surface area contributed by atoms with Gasteiger partial charge in [-0.3, -0.25) is 5.10 Å². The number of carboxylic acids is 1. The van der Waals surface area contributed by atoms with Crippen LogP contribution in [0, 0.1) is 5.82 Å². The van der Waals surface area contributed by atoms with Crippen molar-refractivity contribution in [3.05, 3.63) is 34.6 Å². The largest absolute Gasteiger partial charge is 0.477 e. The van der Waals surface area contributed by atoms with Crippen molar-refractivity contribution in [2.24, 2.45) is 0 Å². The summed E-state index contributed by atoms with van der Waals surface area (Å²) in [6.45, 7) is 0. The lowest BCUT2D eigenvalue weighted by molar-refractivity contribution is 0.0699. The van der Waals surface area contributed by atoms with Gasteiger partial charge in [0, 0.05) is 5.56 Å². The number of hydrogen-bond acceptors (Lipinski definition) is 3. The van der Waals surface area contributed by atoms with Crippen LogP contribution in [0.1, 0.15) is 10.4 Å². The summed E-state index contributed by atoms with van der Waals surface area (Å²) in [6.07, 6.45) is 0. The van der Waals surface area contributed by atoms with E-state index in [4.69, 9.17) is 22.4 Å². The highest BCUT2D eigenvalue weighted by Gasteiger charge is 2.19. The Bertz CT molecular complexity index is 597. The normalized spacial score (nSPS) is 10.5. The van der Waals surface area contributed by atoms with Crippen LogP contribution < -0.4 is 5.73 Å². The van der Waals surface area contributed by atoms with Crippen molar-refractivity contribution in [3.63, 3.8) is 0 Å². The van der Waals surface area contributed by atoms with Crippen LogP contribution in [0.3, 0.4) is 0 Å². The Morgan fingerprint density at radius 2 is 2.24 bits per heavy atom. The number of aromatic amines is 1. The average Bonchev–Trinajstić information content (AvgIpc) is 2.64. The van der Waals surface area contributed by atoms with E-state index < -0.39 is 11.8 Å². The van der Waals surface area contributed by atoms with Crippen molar-refractivity contribution in [1.29, 1.82) is 0 Å². The number of carboxylic acid groups (broad SMARTS) is 1. The van der Waals surface area contributed by atoms with Gasteiger partial charge in [-0.25, -0.2) is 9.18 Å². The zero-order chi connectivity index (χ0) is 12.6. The number of nitrogens with two attached hydrogens (primary N) is 1. The lowest BCUT2D eigenvalue weighted by Gasteiger charge is -2.01. The van der Waals surface area contributed by atoms with Gasteiger partial charge >= 0.3 is 5.97 Å². The fraction of sp³-hybridized carbons (Fsp3) is 0. The molecule has 1 aromatic heterocycles. The number of halogens is 2. The summed E-state index contributed by atoms with van der Waals surface area (Å²) >= 11 is 5.61. The van der Waals surface area contributed by atoms with E-state index in [9.17, 15) is 9.18 Å². The number of anilines is 1. The van der Waals surface area contributed by atoms with E-state index >= 15 is 0 Å². The molecular formula is C10H7ClFN3O2. The fourth-order valence-electron chi connectivity index (χ4n) is 1.43. The molecule has 0 aliphatic carbocycles. The summed E-state index contributed by atoms with van der Waals surface area (Å²) in [5, 5.41) is 15.0. The molecule has 0 atom stereocenters. The number of rotatable bonds is 2. The van der Waals surface area contributed by atoms with E-state index in [0.717, 1.165) is 6.07 Å². The Hall–Kier alpha value is -2.08. The second-order valence-corrected chi connectivity index (χ2v) is 3.70. The Kier molecular flexibility index (Phi) is 2.72. The molecule has 0 saturated heterocycles. The quantitative estimate of drug-likeness (QED) is 0.767. The summed E-state index contributed by atoms with van der Waals surface area (Å²) in [6, 6.07) is 3.83. The standard InChI is InChI=1S/C10H7ClFN3O2/c11-5-3-4(1-2-6(5)12)8-7(10(16)17)9(13)15-14-8/h1-3H,(H,16,17)(H3,13,14,15). The first kappa shape index (κ1) is 11.4. The van der Waals surface area contributed by atoms with Crippen LogP contribution in [0.25, 0.3) is 11.3 Å². The smallest absolute Gasteiger partial charge is 0.341 e. The maximum atomic E-state index is 13.0. The van der Waals surface area contributed by atoms with Gasteiger partial charge in [0.1, 0.15) is 11.4 Å². The van der Waals surface area contributed by atoms with Crippen molar-refractivity contribution >= 4 is 23.4 Å². The molecule has 1 heterocycles. The van der Waals surface area contributed by atoms with Gasteiger partial charge in [-0.15, -0.1) is 0 Å². The van der Waals surface area contributed by atoms with Crippen molar-refractivity contribution in [1.82, 2.24) is 10.2 Å². The predicted octanol–water partition coefficient (Wildman–Crippen LogP) is 2.15. The molecular weight excluding hydrogens is 249 g/mol. The monoisotopic (exact) mass is 255 g/mol. The molecule has 1 aromatic carbocycles. The van der Waals surface area contributed by atoms with Crippen LogP contribution in [-0.4, -0.2) is 21.3 Å². The van der Waals surface area contributed by atoms with Gasteiger partial charge in [0.2, 0.25) is 0 Å². The minimum atomic E-state index is -1.22. The molecule has 7 heteroatoms. The summed E-state index contributed by atoms with van der Waals surface area (Å²) in [7, 11) is 0. The van der Waals surface area contributed by atoms with Crippen LogP contribution in [0.2, 0.25) is 5.02 Å². The topological polar surface area (TPSA) is 92.0 Å². The van der Waals surface area contributed by atoms with Gasteiger partial charge in [0.05, 0.1) is 10.7 Å². The fourth-order valence-corrected chi connectivity index (χ4v) is 1.61. The van der Waals surface area contributed by atoms with Crippen molar-refractivity contribution in [2.45, 2.75) is 0 Å². The molecule has 17 heavy (non-hydrogen) atoms. The van der Waals surface area contributed by atoms with E-state index in [0.29, 0.717) is 5.56 Å². The van der Waals surface area contributed by atoms with Crippen LogP contribution in [0.4, 0.5) is 10.2 Å². The number of H-pyrrole nitrogens is 1. The van der Waals surface area contributed by atoms with Crippen LogP contribution >= 0.6 is 11.6 Å². The molecule has 2 aromatic rings. The number of carbonyl (C=O) groups is 1. The number of hydrogen-bond donors (Lipinski definition) is 3.